The average molecular weight is 432 g/mol. The van der Waals surface area contributed by atoms with Gasteiger partial charge in [-0.05, 0) is 37.9 Å². The standard InChI is InChI=1S/C21H37NO4S2/c1-17(19(24)16-20(25)27-15-13-22-18(2)23)12-10-8-9-11-14-26-28(6,7)21(3,4)5/h8,10,12H,9,11,13-16H2,1-7H3,(H,22,23)/b10-8+,17-12+. The highest BCUT2D eigenvalue weighted by molar-refractivity contribution is 8.29. The highest BCUT2D eigenvalue weighted by Gasteiger charge is 2.28. The molecule has 0 spiro atoms. The second-order valence-electron chi connectivity index (χ2n) is 7.89. The number of carbonyl (C=O) groups is 3. The molecule has 28 heavy (non-hydrogen) atoms. The van der Waals surface area contributed by atoms with Gasteiger partial charge in [-0.25, -0.2) is 0 Å². The Morgan fingerprint density at radius 3 is 2.36 bits per heavy atom. The molecular formula is C21H37NO4S2. The van der Waals surface area contributed by atoms with Gasteiger partial charge in [-0.2, -0.15) is 0 Å². The lowest BCUT2D eigenvalue weighted by Gasteiger charge is -2.43. The van der Waals surface area contributed by atoms with E-state index in [2.05, 4.69) is 38.6 Å². The molecule has 162 valence electrons. The van der Waals surface area contributed by atoms with Crippen LogP contribution < -0.4 is 5.32 Å². The summed E-state index contributed by atoms with van der Waals surface area (Å²) in [7, 11) is -1.07. The summed E-state index contributed by atoms with van der Waals surface area (Å²) in [4.78, 5) is 34.6. The van der Waals surface area contributed by atoms with Crippen LogP contribution in [0, 0.1) is 0 Å². The van der Waals surface area contributed by atoms with Crippen molar-refractivity contribution in [1.29, 1.82) is 0 Å². The van der Waals surface area contributed by atoms with Crippen molar-refractivity contribution in [2.75, 3.05) is 31.4 Å². The summed E-state index contributed by atoms with van der Waals surface area (Å²) in [5.74, 6) is 0.186. The number of carbonyl (C=O) groups excluding carboxylic acids is 3. The molecule has 7 heteroatoms. The molecule has 0 atom stereocenters. The van der Waals surface area contributed by atoms with Gasteiger partial charge in [0.15, 0.2) is 10.9 Å². The number of allylic oxidation sites excluding steroid dienone is 4. The molecule has 0 aliphatic rings. The first kappa shape index (κ1) is 27.0. The molecule has 1 N–H and O–H groups in total. The van der Waals surface area contributed by atoms with Crippen LogP contribution >= 0.6 is 22.1 Å². The van der Waals surface area contributed by atoms with E-state index in [4.69, 9.17) is 4.18 Å². The number of ketones is 1. The molecule has 0 radical (unpaired) electrons. The van der Waals surface area contributed by atoms with Gasteiger partial charge in [-0.3, -0.25) is 14.4 Å². The van der Waals surface area contributed by atoms with Crippen LogP contribution in [0.1, 0.15) is 53.9 Å². The summed E-state index contributed by atoms with van der Waals surface area (Å²) in [5.41, 5.74) is 0.571. The predicted molar refractivity (Wildman–Crippen MR) is 123 cm³/mol. The summed E-state index contributed by atoms with van der Waals surface area (Å²) in [5, 5.41) is 2.44. The summed E-state index contributed by atoms with van der Waals surface area (Å²) in [6.45, 7) is 10.9. The molecule has 0 aromatic heterocycles. The van der Waals surface area contributed by atoms with E-state index in [1.807, 2.05) is 12.2 Å². The lowest BCUT2D eigenvalue weighted by atomic mass is 10.1. The Hall–Kier alpha value is -1.05. The van der Waals surface area contributed by atoms with Crippen molar-refractivity contribution in [3.8, 4) is 0 Å². The zero-order chi connectivity index (χ0) is 21.8. The third-order valence-corrected chi connectivity index (χ3v) is 8.91. The Kier molecular flexibility index (Phi) is 12.7. The lowest BCUT2D eigenvalue weighted by molar-refractivity contribution is -0.121. The van der Waals surface area contributed by atoms with Crippen molar-refractivity contribution in [2.24, 2.45) is 0 Å². The second-order valence-corrected chi connectivity index (χ2v) is 13.0. The Labute approximate surface area is 176 Å². The van der Waals surface area contributed by atoms with E-state index in [0.717, 1.165) is 31.2 Å². The van der Waals surface area contributed by atoms with Crippen LogP contribution in [0.4, 0.5) is 0 Å². The van der Waals surface area contributed by atoms with E-state index in [0.29, 0.717) is 17.9 Å². The minimum absolute atomic E-state index is 0.112. The number of unbranched alkanes of at least 4 members (excludes halogenated alkanes) is 1. The summed E-state index contributed by atoms with van der Waals surface area (Å²) < 4.78 is 6.24. The largest absolute Gasteiger partial charge is 0.356 e. The molecule has 0 aromatic carbocycles. The third-order valence-electron chi connectivity index (χ3n) is 4.33. The van der Waals surface area contributed by atoms with Crippen LogP contribution in [0.25, 0.3) is 0 Å². The number of nitrogens with one attached hydrogen (secondary N) is 1. The molecule has 0 aliphatic heterocycles. The number of hydrogen-bond acceptors (Lipinski definition) is 5. The summed E-state index contributed by atoms with van der Waals surface area (Å²) >= 11 is 1.07. The summed E-state index contributed by atoms with van der Waals surface area (Å²) in [6, 6.07) is 0. The van der Waals surface area contributed by atoms with Crippen molar-refractivity contribution < 1.29 is 18.6 Å². The van der Waals surface area contributed by atoms with Crippen molar-refractivity contribution in [3.63, 3.8) is 0 Å². The molecule has 0 saturated heterocycles. The van der Waals surface area contributed by atoms with E-state index < -0.39 is 10.3 Å². The summed E-state index contributed by atoms with van der Waals surface area (Å²) in [6.07, 6.45) is 11.7. The molecule has 0 heterocycles. The van der Waals surface area contributed by atoms with Crippen LogP contribution in [-0.2, 0) is 18.6 Å². The molecule has 1 amide bonds. The average Bonchev–Trinajstić information content (AvgIpc) is 2.56. The first-order valence-corrected chi connectivity index (χ1v) is 12.9. The van der Waals surface area contributed by atoms with E-state index in [1.54, 1.807) is 13.0 Å². The zero-order valence-electron chi connectivity index (χ0n) is 18.4. The molecule has 0 rings (SSSR count). The number of rotatable bonds is 12. The van der Waals surface area contributed by atoms with Gasteiger partial charge in [0, 0.05) is 24.0 Å². The van der Waals surface area contributed by atoms with Gasteiger partial charge in [0.2, 0.25) is 5.91 Å². The van der Waals surface area contributed by atoms with E-state index in [9.17, 15) is 14.4 Å². The smallest absolute Gasteiger partial charge is 0.216 e. The molecule has 0 unspecified atom stereocenters. The molecule has 0 bridgehead atoms. The van der Waals surface area contributed by atoms with Gasteiger partial charge in [0.25, 0.3) is 0 Å². The van der Waals surface area contributed by atoms with Crippen molar-refractivity contribution in [1.82, 2.24) is 5.32 Å². The molecular weight excluding hydrogens is 394 g/mol. The van der Waals surface area contributed by atoms with Gasteiger partial charge >= 0.3 is 0 Å². The van der Waals surface area contributed by atoms with Crippen LogP contribution in [0.2, 0.25) is 0 Å². The fourth-order valence-electron chi connectivity index (χ4n) is 1.76. The number of hydrogen-bond donors (Lipinski definition) is 1. The first-order valence-electron chi connectivity index (χ1n) is 9.51. The quantitative estimate of drug-likeness (QED) is 0.214. The fourth-order valence-corrected chi connectivity index (χ4v) is 3.31. The Morgan fingerprint density at radius 1 is 1.14 bits per heavy atom. The van der Waals surface area contributed by atoms with E-state index >= 15 is 0 Å². The van der Waals surface area contributed by atoms with Gasteiger partial charge in [0.05, 0.1) is 13.0 Å². The maximum absolute atomic E-state index is 12.0. The van der Waals surface area contributed by atoms with Crippen molar-refractivity contribution >= 4 is 38.9 Å². The maximum Gasteiger partial charge on any atom is 0.216 e. The monoisotopic (exact) mass is 431 g/mol. The number of amides is 1. The Balaban J connectivity index is 4.11. The number of Topliss-reactive ketones (excluding diaryl/α,β-unsaturated/α-hetero) is 1. The van der Waals surface area contributed by atoms with E-state index in [-0.39, 0.29) is 28.0 Å². The third kappa shape index (κ3) is 12.4. The van der Waals surface area contributed by atoms with Crippen molar-refractivity contribution in [2.45, 2.75) is 58.6 Å². The highest BCUT2D eigenvalue weighted by Crippen LogP contribution is 2.53. The van der Waals surface area contributed by atoms with Gasteiger partial charge in [0.1, 0.15) is 0 Å². The topological polar surface area (TPSA) is 72.5 Å². The van der Waals surface area contributed by atoms with E-state index in [1.165, 1.54) is 6.92 Å². The molecule has 5 nitrogen and oxygen atoms in total. The SMILES string of the molecule is CC(=O)NCCSC(=O)CC(=O)/C(C)=C/C=C/CCCOS(C)(C)C(C)(C)C. The molecule has 0 aromatic rings. The second kappa shape index (κ2) is 13.2. The highest BCUT2D eigenvalue weighted by atomic mass is 32.3. The lowest BCUT2D eigenvalue weighted by Crippen LogP contribution is -2.25. The Bertz CT molecular complexity index is 590. The molecule has 0 aliphatic carbocycles. The molecule has 0 fully saturated rings. The minimum Gasteiger partial charge on any atom is -0.356 e. The van der Waals surface area contributed by atoms with Crippen LogP contribution in [0.3, 0.4) is 0 Å². The number of thioether (sulfide) groups is 1. The van der Waals surface area contributed by atoms with Gasteiger partial charge in [-0.15, -0.1) is 10.3 Å². The van der Waals surface area contributed by atoms with Crippen LogP contribution in [-0.4, -0.2) is 53.0 Å². The van der Waals surface area contributed by atoms with Crippen molar-refractivity contribution in [3.05, 3.63) is 23.8 Å². The van der Waals surface area contributed by atoms with Gasteiger partial charge < -0.3 is 9.50 Å². The predicted octanol–water partition coefficient (Wildman–Crippen LogP) is 4.42. The maximum atomic E-state index is 12.0. The normalized spacial score (nSPS) is 13.6. The fraction of sp³-hybridized carbons (Fsp3) is 0.667. The Morgan fingerprint density at radius 2 is 1.79 bits per heavy atom. The van der Waals surface area contributed by atoms with Crippen LogP contribution in [0.15, 0.2) is 23.8 Å². The minimum atomic E-state index is -1.07. The molecule has 0 saturated carbocycles. The zero-order valence-corrected chi connectivity index (χ0v) is 20.1. The first-order chi connectivity index (χ1) is 12.9. The van der Waals surface area contributed by atoms with Gasteiger partial charge in [-0.1, -0.05) is 50.8 Å². The van der Waals surface area contributed by atoms with Crippen LogP contribution in [0.5, 0.6) is 0 Å².